The van der Waals surface area contributed by atoms with Crippen molar-refractivity contribution in [2.24, 2.45) is 0 Å². The minimum atomic E-state index is -0.115. The van der Waals surface area contributed by atoms with E-state index in [4.69, 9.17) is 21.1 Å². The predicted molar refractivity (Wildman–Crippen MR) is 116 cm³/mol. The summed E-state index contributed by atoms with van der Waals surface area (Å²) in [4.78, 5) is 12.3. The van der Waals surface area contributed by atoms with Crippen LogP contribution < -0.4 is 14.8 Å². The number of aromatic nitrogens is 2. The third-order valence-corrected chi connectivity index (χ3v) is 5.15. The summed E-state index contributed by atoms with van der Waals surface area (Å²) < 4.78 is 11.2. The number of carbonyl (C=O) groups is 1. The van der Waals surface area contributed by atoms with E-state index in [9.17, 15) is 4.79 Å². The topological polar surface area (TPSA) is 73.3 Å². The second kappa shape index (κ2) is 10.2. The van der Waals surface area contributed by atoms with Crippen molar-refractivity contribution in [1.29, 1.82) is 0 Å². The van der Waals surface area contributed by atoms with Gasteiger partial charge in [-0.3, -0.25) is 4.79 Å². The van der Waals surface area contributed by atoms with Gasteiger partial charge in [-0.25, -0.2) is 0 Å². The summed E-state index contributed by atoms with van der Waals surface area (Å²) in [6.07, 6.45) is 0.913. The molecule has 3 aromatic rings. The number of aryl methyl sites for hydroxylation is 1. The fraction of sp³-hybridized carbons (Fsp3) is 0.286. The first-order valence-electron chi connectivity index (χ1n) is 9.36. The Morgan fingerprint density at radius 3 is 2.48 bits per heavy atom. The highest BCUT2D eigenvalue weighted by atomic mass is 35.5. The van der Waals surface area contributed by atoms with Gasteiger partial charge in [-0.1, -0.05) is 41.1 Å². The molecule has 0 radical (unpaired) electrons. The summed E-state index contributed by atoms with van der Waals surface area (Å²) in [5, 5.41) is 12.8. The van der Waals surface area contributed by atoms with E-state index in [0.717, 1.165) is 16.1 Å². The first-order chi connectivity index (χ1) is 14.1. The molecule has 0 saturated heterocycles. The molecule has 0 spiro atoms. The molecular weight excluding hydrogens is 410 g/mol. The average Bonchev–Trinajstić information content (AvgIpc) is 3.17. The van der Waals surface area contributed by atoms with E-state index in [2.05, 4.69) is 15.5 Å². The van der Waals surface area contributed by atoms with Crippen LogP contribution in [-0.2, 0) is 11.2 Å². The number of anilines is 1. The van der Waals surface area contributed by atoms with Crippen LogP contribution in [0, 0.1) is 0 Å². The summed E-state index contributed by atoms with van der Waals surface area (Å²) >= 11 is 7.23. The lowest BCUT2D eigenvalue weighted by Gasteiger charge is -2.12. The van der Waals surface area contributed by atoms with Gasteiger partial charge >= 0.3 is 0 Å². The molecule has 0 aliphatic rings. The zero-order valence-corrected chi connectivity index (χ0v) is 17.8. The number of amides is 1. The number of carbonyl (C=O) groups excluding carboxylic acids is 1. The second-order valence-corrected chi connectivity index (χ2v) is 7.53. The maximum Gasteiger partial charge on any atom is 0.226 e. The summed E-state index contributed by atoms with van der Waals surface area (Å²) in [5.41, 5.74) is 1.91. The Balaban J connectivity index is 1.57. The monoisotopic (exact) mass is 431 g/mol. The van der Waals surface area contributed by atoms with Gasteiger partial charge < -0.3 is 14.8 Å². The van der Waals surface area contributed by atoms with Crippen LogP contribution >= 0.6 is 22.9 Å². The van der Waals surface area contributed by atoms with Crippen LogP contribution in [0.5, 0.6) is 11.5 Å². The lowest BCUT2D eigenvalue weighted by atomic mass is 10.1. The van der Waals surface area contributed by atoms with Crippen LogP contribution in [-0.4, -0.2) is 29.3 Å². The molecule has 0 aliphatic heterocycles. The minimum absolute atomic E-state index is 0.115. The lowest BCUT2D eigenvalue weighted by molar-refractivity contribution is -0.116. The summed E-state index contributed by atoms with van der Waals surface area (Å²) in [6, 6.07) is 13.1. The van der Waals surface area contributed by atoms with Crippen molar-refractivity contribution in [3.8, 4) is 22.1 Å². The standard InChI is InChI=1S/C21H22ClN3O3S/c1-3-27-17-11-5-14(13-18(17)28-4-2)6-12-19(26)23-21-25-24-20(29-21)15-7-9-16(22)10-8-15/h5,7-11,13H,3-4,6,12H2,1-2H3,(H,23,25,26). The normalized spacial score (nSPS) is 10.6. The van der Waals surface area contributed by atoms with E-state index in [1.807, 2.05) is 44.2 Å². The molecule has 0 unspecified atom stereocenters. The molecule has 3 rings (SSSR count). The molecule has 0 atom stereocenters. The molecule has 1 aromatic heterocycles. The largest absolute Gasteiger partial charge is 0.490 e. The number of hydrogen-bond donors (Lipinski definition) is 1. The van der Waals surface area contributed by atoms with Gasteiger partial charge in [0, 0.05) is 17.0 Å². The zero-order valence-electron chi connectivity index (χ0n) is 16.3. The molecule has 1 N–H and O–H groups in total. The Bertz CT molecular complexity index is 960. The Morgan fingerprint density at radius 2 is 1.76 bits per heavy atom. The second-order valence-electron chi connectivity index (χ2n) is 6.11. The van der Waals surface area contributed by atoms with Crippen molar-refractivity contribution in [3.05, 3.63) is 53.1 Å². The number of nitrogens with zero attached hydrogens (tertiary/aromatic N) is 2. The SMILES string of the molecule is CCOc1ccc(CCC(=O)Nc2nnc(-c3ccc(Cl)cc3)s2)cc1OCC. The Kier molecular flexibility index (Phi) is 7.43. The van der Waals surface area contributed by atoms with Gasteiger partial charge in [0.1, 0.15) is 5.01 Å². The highest BCUT2D eigenvalue weighted by molar-refractivity contribution is 7.18. The fourth-order valence-corrected chi connectivity index (χ4v) is 3.56. The molecule has 8 heteroatoms. The number of rotatable bonds is 9. The molecule has 1 heterocycles. The number of ether oxygens (including phenoxy) is 2. The van der Waals surface area contributed by atoms with Crippen LogP contribution in [0.3, 0.4) is 0 Å². The molecular formula is C21H22ClN3O3S. The van der Waals surface area contributed by atoms with E-state index in [0.29, 0.717) is 47.7 Å². The Morgan fingerprint density at radius 1 is 1.03 bits per heavy atom. The van der Waals surface area contributed by atoms with E-state index in [1.165, 1.54) is 11.3 Å². The first-order valence-corrected chi connectivity index (χ1v) is 10.6. The highest BCUT2D eigenvalue weighted by Crippen LogP contribution is 2.29. The molecule has 1 amide bonds. The van der Waals surface area contributed by atoms with Gasteiger partial charge in [-0.15, -0.1) is 10.2 Å². The molecule has 0 saturated carbocycles. The highest BCUT2D eigenvalue weighted by Gasteiger charge is 2.11. The van der Waals surface area contributed by atoms with E-state index < -0.39 is 0 Å². The van der Waals surface area contributed by atoms with E-state index >= 15 is 0 Å². The number of nitrogens with one attached hydrogen (secondary N) is 1. The molecule has 0 aliphatic carbocycles. The van der Waals surface area contributed by atoms with Crippen molar-refractivity contribution in [1.82, 2.24) is 10.2 Å². The number of halogens is 1. The number of benzene rings is 2. The van der Waals surface area contributed by atoms with Crippen LogP contribution in [0.1, 0.15) is 25.8 Å². The molecule has 2 aromatic carbocycles. The van der Waals surface area contributed by atoms with Crippen molar-refractivity contribution in [2.75, 3.05) is 18.5 Å². The molecule has 0 bridgehead atoms. The zero-order chi connectivity index (χ0) is 20.6. The number of hydrogen-bond acceptors (Lipinski definition) is 6. The Hall–Kier alpha value is -2.64. The van der Waals surface area contributed by atoms with Crippen molar-refractivity contribution in [3.63, 3.8) is 0 Å². The maximum absolute atomic E-state index is 12.3. The summed E-state index contributed by atoms with van der Waals surface area (Å²) in [6.45, 7) is 4.98. The van der Waals surface area contributed by atoms with E-state index in [-0.39, 0.29) is 5.91 Å². The molecule has 152 valence electrons. The predicted octanol–water partition coefficient (Wildman–Crippen LogP) is 5.23. The quantitative estimate of drug-likeness (QED) is 0.502. The fourth-order valence-electron chi connectivity index (χ4n) is 2.67. The smallest absolute Gasteiger partial charge is 0.226 e. The third-order valence-electron chi connectivity index (χ3n) is 4.01. The van der Waals surface area contributed by atoms with Crippen LogP contribution in [0.2, 0.25) is 5.02 Å². The van der Waals surface area contributed by atoms with Gasteiger partial charge in [0.25, 0.3) is 0 Å². The molecule has 0 fully saturated rings. The summed E-state index contributed by atoms with van der Waals surface area (Å²) in [7, 11) is 0. The van der Waals surface area contributed by atoms with Gasteiger partial charge in [-0.05, 0) is 50.1 Å². The third kappa shape index (κ3) is 5.92. The van der Waals surface area contributed by atoms with Crippen molar-refractivity contribution < 1.29 is 14.3 Å². The van der Waals surface area contributed by atoms with Crippen LogP contribution in [0.15, 0.2) is 42.5 Å². The van der Waals surface area contributed by atoms with Gasteiger partial charge in [0.15, 0.2) is 11.5 Å². The van der Waals surface area contributed by atoms with Crippen molar-refractivity contribution >= 4 is 34.0 Å². The molecule has 6 nitrogen and oxygen atoms in total. The Labute approximate surface area is 178 Å². The average molecular weight is 432 g/mol. The van der Waals surface area contributed by atoms with Crippen LogP contribution in [0.25, 0.3) is 10.6 Å². The van der Waals surface area contributed by atoms with E-state index in [1.54, 1.807) is 12.1 Å². The first kappa shape index (κ1) is 21.1. The van der Waals surface area contributed by atoms with Crippen molar-refractivity contribution in [2.45, 2.75) is 26.7 Å². The van der Waals surface area contributed by atoms with Gasteiger partial charge in [0.2, 0.25) is 11.0 Å². The van der Waals surface area contributed by atoms with Crippen LogP contribution in [0.4, 0.5) is 5.13 Å². The lowest BCUT2D eigenvalue weighted by Crippen LogP contribution is -2.12. The maximum atomic E-state index is 12.3. The van der Waals surface area contributed by atoms with Gasteiger partial charge in [0.05, 0.1) is 13.2 Å². The summed E-state index contributed by atoms with van der Waals surface area (Å²) in [5.74, 6) is 1.30. The van der Waals surface area contributed by atoms with Gasteiger partial charge in [-0.2, -0.15) is 0 Å². The minimum Gasteiger partial charge on any atom is -0.490 e. The molecule has 29 heavy (non-hydrogen) atoms.